The lowest BCUT2D eigenvalue weighted by molar-refractivity contribution is 0.341. The van der Waals surface area contributed by atoms with Gasteiger partial charge in [-0.3, -0.25) is 0 Å². The van der Waals surface area contributed by atoms with Crippen molar-refractivity contribution < 1.29 is 13.5 Å². The highest BCUT2D eigenvalue weighted by molar-refractivity contribution is 7.89. The number of fused-ring (bicyclic) bond motifs is 1. The summed E-state index contributed by atoms with van der Waals surface area (Å²) in [6.45, 7) is 4.87. The largest absolute Gasteiger partial charge is 0.392 e. The summed E-state index contributed by atoms with van der Waals surface area (Å²) in [5.41, 5.74) is 3.31. The number of rotatable bonds is 9. The molecule has 0 bridgehead atoms. The van der Waals surface area contributed by atoms with Gasteiger partial charge in [-0.2, -0.15) is 0 Å². The van der Waals surface area contributed by atoms with Gasteiger partial charge in [0.1, 0.15) is 0 Å². The van der Waals surface area contributed by atoms with Crippen LogP contribution in [-0.4, -0.2) is 45.1 Å². The van der Waals surface area contributed by atoms with E-state index in [0.29, 0.717) is 16.8 Å². The predicted molar refractivity (Wildman–Crippen MR) is 117 cm³/mol. The van der Waals surface area contributed by atoms with Crippen LogP contribution in [0.15, 0.2) is 64.6 Å². The monoisotopic (exact) mass is 402 g/mol. The number of hydrogen-bond acceptors (Lipinski definition) is 4. The van der Waals surface area contributed by atoms with Crippen molar-refractivity contribution in [3.05, 3.63) is 59.7 Å². The fraction of sp³-hybridized carbons (Fsp3) is 0.364. The van der Waals surface area contributed by atoms with Crippen molar-refractivity contribution in [3.63, 3.8) is 0 Å². The minimum Gasteiger partial charge on any atom is -0.392 e. The second-order valence-corrected chi connectivity index (χ2v) is 9.24. The molecule has 2 aromatic carbocycles. The van der Waals surface area contributed by atoms with Crippen molar-refractivity contribution >= 4 is 26.5 Å². The van der Waals surface area contributed by atoms with Crippen molar-refractivity contribution in [1.29, 1.82) is 0 Å². The molecule has 0 unspecified atom stereocenters. The van der Waals surface area contributed by atoms with E-state index in [4.69, 9.17) is 5.11 Å². The normalized spacial score (nSPS) is 13.4. The summed E-state index contributed by atoms with van der Waals surface area (Å²) in [5, 5.41) is 13.9. The molecule has 0 fully saturated rings. The Bertz CT molecular complexity index is 976. The van der Waals surface area contributed by atoms with Crippen LogP contribution in [0.1, 0.15) is 26.7 Å². The summed E-state index contributed by atoms with van der Waals surface area (Å²) >= 11 is 0. The molecule has 0 aliphatic rings. The van der Waals surface area contributed by atoms with E-state index < -0.39 is 10.0 Å². The molecule has 0 atom stereocenters. The summed E-state index contributed by atoms with van der Waals surface area (Å²) in [4.78, 5) is 0.317. The number of benzene rings is 2. The second-order valence-electron chi connectivity index (χ2n) is 7.12. The topological polar surface area (TPSA) is 69.6 Å². The van der Waals surface area contributed by atoms with Gasteiger partial charge in [0, 0.05) is 37.1 Å². The van der Waals surface area contributed by atoms with Gasteiger partial charge in [-0.1, -0.05) is 47.6 Å². The first kappa shape index (κ1) is 22.1. The van der Waals surface area contributed by atoms with Crippen LogP contribution < -0.4 is 5.32 Å². The first-order chi connectivity index (χ1) is 13.3. The zero-order chi connectivity index (χ0) is 20.7. The van der Waals surface area contributed by atoms with Crippen molar-refractivity contribution in [1.82, 2.24) is 4.31 Å². The maximum atomic E-state index is 12.6. The maximum Gasteiger partial charge on any atom is 0.243 e. The van der Waals surface area contributed by atoms with Crippen molar-refractivity contribution in [2.75, 3.05) is 32.6 Å². The fourth-order valence-corrected chi connectivity index (χ4v) is 4.07. The van der Waals surface area contributed by atoms with Crippen LogP contribution in [0.3, 0.4) is 0 Å². The van der Waals surface area contributed by atoms with Gasteiger partial charge in [0.2, 0.25) is 10.0 Å². The summed E-state index contributed by atoms with van der Waals surface area (Å²) in [7, 11) is -0.418. The second kappa shape index (κ2) is 9.87. The molecule has 2 rings (SSSR count). The Morgan fingerprint density at radius 3 is 2.39 bits per heavy atom. The van der Waals surface area contributed by atoms with Gasteiger partial charge in [-0.25, -0.2) is 12.7 Å². The predicted octanol–water partition coefficient (Wildman–Crippen LogP) is 4.17. The Morgan fingerprint density at radius 1 is 1.04 bits per heavy atom. The van der Waals surface area contributed by atoms with E-state index >= 15 is 0 Å². The number of hydrogen-bond donors (Lipinski definition) is 2. The molecule has 2 aromatic rings. The highest BCUT2D eigenvalue weighted by Crippen LogP contribution is 2.30. The molecule has 0 aromatic heterocycles. The Morgan fingerprint density at radius 2 is 1.71 bits per heavy atom. The van der Waals surface area contributed by atoms with Crippen LogP contribution in [0.5, 0.6) is 0 Å². The number of nitrogens with one attached hydrogen (secondary N) is 1. The number of aliphatic hydroxyl groups excluding tert-OH is 1. The van der Waals surface area contributed by atoms with Gasteiger partial charge in [0.15, 0.2) is 0 Å². The third kappa shape index (κ3) is 5.44. The molecular weight excluding hydrogens is 372 g/mol. The molecule has 0 spiro atoms. The molecule has 0 saturated carbocycles. The maximum absolute atomic E-state index is 12.6. The minimum absolute atomic E-state index is 0.0860. The number of anilines is 1. The number of allylic oxidation sites excluding steroid dienone is 2. The van der Waals surface area contributed by atoms with Crippen LogP contribution in [0, 0.1) is 0 Å². The lowest BCUT2D eigenvalue weighted by Crippen LogP contribution is -2.22. The zero-order valence-corrected chi connectivity index (χ0v) is 17.9. The van der Waals surface area contributed by atoms with Crippen molar-refractivity contribution in [2.24, 2.45) is 0 Å². The highest BCUT2D eigenvalue weighted by Gasteiger charge is 2.20. The van der Waals surface area contributed by atoms with Gasteiger partial charge >= 0.3 is 0 Å². The third-order valence-corrected chi connectivity index (χ3v) is 6.54. The van der Waals surface area contributed by atoms with Crippen molar-refractivity contribution in [2.45, 2.75) is 31.6 Å². The quantitative estimate of drug-likeness (QED) is 0.618. The van der Waals surface area contributed by atoms with Gasteiger partial charge < -0.3 is 10.4 Å². The average Bonchev–Trinajstić information content (AvgIpc) is 2.65. The summed E-state index contributed by atoms with van der Waals surface area (Å²) in [6.07, 6.45) is 5.88. The first-order valence-corrected chi connectivity index (χ1v) is 10.8. The lowest BCUT2D eigenvalue weighted by Gasteiger charge is -2.16. The fourth-order valence-electron chi connectivity index (χ4n) is 2.97. The molecule has 28 heavy (non-hydrogen) atoms. The SMILES string of the molecule is C/C(=C\CO)CC/C=C(\C)CNc1cccc2c(S(=O)(=O)N(C)C)cccc12. The number of aliphatic hydroxyl groups is 1. The molecule has 0 aliphatic heterocycles. The molecule has 0 radical (unpaired) electrons. The van der Waals surface area contributed by atoms with E-state index in [-0.39, 0.29) is 6.61 Å². The van der Waals surface area contributed by atoms with Crippen LogP contribution in [0.2, 0.25) is 0 Å². The van der Waals surface area contributed by atoms with Gasteiger partial charge in [-0.05, 0) is 38.8 Å². The highest BCUT2D eigenvalue weighted by atomic mass is 32.2. The Kier molecular flexibility index (Phi) is 7.80. The molecule has 2 N–H and O–H groups in total. The minimum atomic E-state index is -3.51. The van der Waals surface area contributed by atoms with Gasteiger partial charge in [-0.15, -0.1) is 0 Å². The Labute approximate surface area is 168 Å². The third-order valence-electron chi connectivity index (χ3n) is 4.67. The first-order valence-electron chi connectivity index (χ1n) is 9.37. The molecule has 6 heteroatoms. The van der Waals surface area contributed by atoms with E-state index in [0.717, 1.165) is 23.9 Å². The number of nitrogens with zero attached hydrogens (tertiary/aromatic N) is 1. The van der Waals surface area contributed by atoms with Crippen LogP contribution in [0.25, 0.3) is 10.8 Å². The number of sulfonamides is 1. The van der Waals surface area contributed by atoms with Gasteiger partial charge in [0.25, 0.3) is 0 Å². The van der Waals surface area contributed by atoms with Crippen molar-refractivity contribution in [3.8, 4) is 0 Å². The van der Waals surface area contributed by atoms with E-state index in [1.807, 2.05) is 37.3 Å². The van der Waals surface area contributed by atoms with Gasteiger partial charge in [0.05, 0.1) is 11.5 Å². The summed E-state index contributed by atoms with van der Waals surface area (Å²) < 4.78 is 26.5. The average molecular weight is 403 g/mol. The molecule has 152 valence electrons. The molecular formula is C22H30N2O3S. The van der Waals surface area contributed by atoms with Crippen LogP contribution in [-0.2, 0) is 10.0 Å². The Hall–Kier alpha value is -2.15. The van der Waals surface area contributed by atoms with E-state index in [1.54, 1.807) is 26.2 Å². The standard InChI is InChI=1S/C22H30N2O3S/c1-17(14-15-25)8-5-9-18(2)16-23-21-12-6-11-20-19(21)10-7-13-22(20)28(26,27)24(3)4/h6-7,9-14,23,25H,5,8,15-16H2,1-4H3/b17-14+,18-9+. The van der Waals surface area contributed by atoms with E-state index in [1.165, 1.54) is 15.5 Å². The van der Waals surface area contributed by atoms with Crippen LogP contribution >= 0.6 is 0 Å². The molecule has 5 nitrogen and oxygen atoms in total. The molecule has 0 amide bonds. The zero-order valence-electron chi connectivity index (χ0n) is 17.1. The Balaban J connectivity index is 2.19. The summed E-state index contributed by atoms with van der Waals surface area (Å²) in [5.74, 6) is 0. The molecule has 0 heterocycles. The van der Waals surface area contributed by atoms with E-state index in [9.17, 15) is 8.42 Å². The molecule has 0 aliphatic carbocycles. The smallest absolute Gasteiger partial charge is 0.243 e. The lowest BCUT2D eigenvalue weighted by atomic mass is 10.1. The summed E-state index contributed by atoms with van der Waals surface area (Å²) in [6, 6.07) is 11.1. The molecule has 0 saturated heterocycles. The van der Waals surface area contributed by atoms with E-state index in [2.05, 4.69) is 18.3 Å². The van der Waals surface area contributed by atoms with Crippen LogP contribution in [0.4, 0.5) is 5.69 Å².